The van der Waals surface area contributed by atoms with Crippen molar-refractivity contribution in [1.82, 2.24) is 0 Å². The lowest BCUT2D eigenvalue weighted by Gasteiger charge is -2.09. The van der Waals surface area contributed by atoms with Crippen molar-refractivity contribution in [1.29, 1.82) is 0 Å². The van der Waals surface area contributed by atoms with E-state index in [1.54, 1.807) is 24.3 Å². The molecule has 22 heavy (non-hydrogen) atoms. The molecule has 2 aromatic rings. The fraction of sp³-hybridized carbons (Fsp3) is 0.188. The van der Waals surface area contributed by atoms with Crippen LogP contribution in [0.4, 0.5) is 11.4 Å². The molecule has 2 aromatic carbocycles. The third-order valence-electron chi connectivity index (χ3n) is 3.20. The van der Waals surface area contributed by atoms with Crippen LogP contribution in [0.25, 0.3) is 0 Å². The second kappa shape index (κ2) is 6.58. The predicted octanol–water partition coefficient (Wildman–Crippen LogP) is 3.51. The van der Waals surface area contributed by atoms with Crippen LogP contribution in [0.15, 0.2) is 42.5 Å². The van der Waals surface area contributed by atoms with Gasteiger partial charge in [-0.2, -0.15) is 0 Å². The quantitative estimate of drug-likeness (QED) is 0.885. The average Bonchev–Trinajstić information content (AvgIpc) is 2.97. The number of rotatable bonds is 5. The number of benzene rings is 2. The predicted molar refractivity (Wildman–Crippen MR) is 85.8 cm³/mol. The number of hydrogen-bond donors (Lipinski definition) is 2. The highest BCUT2D eigenvalue weighted by Gasteiger charge is 2.14. The summed E-state index contributed by atoms with van der Waals surface area (Å²) >= 11 is 6.03. The first-order valence-electron chi connectivity index (χ1n) is 6.90. The van der Waals surface area contributed by atoms with Crippen LogP contribution in [0.1, 0.15) is 6.42 Å². The van der Waals surface area contributed by atoms with Crippen LogP contribution in [0.3, 0.4) is 0 Å². The standard InChI is InChI=1S/C16H15ClN2O3/c17-12-3-1-2-4-13(12)18-8-7-16(20)19-11-5-6-14-15(9-11)22-10-21-14/h1-6,9,18H,7-8,10H2,(H,19,20). The van der Waals surface area contributed by atoms with E-state index in [0.717, 1.165) is 5.69 Å². The Bertz CT molecular complexity index is 691. The molecule has 0 spiro atoms. The third-order valence-corrected chi connectivity index (χ3v) is 3.53. The number of carbonyl (C=O) groups excluding carboxylic acids is 1. The fourth-order valence-electron chi connectivity index (χ4n) is 2.11. The molecule has 2 N–H and O–H groups in total. The molecule has 0 atom stereocenters. The minimum absolute atomic E-state index is 0.0848. The molecule has 0 saturated carbocycles. The molecule has 1 aliphatic rings. The van der Waals surface area contributed by atoms with E-state index in [1.165, 1.54) is 0 Å². The summed E-state index contributed by atoms with van der Waals surface area (Å²) in [5.74, 6) is 1.25. The Morgan fingerprint density at radius 2 is 1.95 bits per heavy atom. The monoisotopic (exact) mass is 318 g/mol. The second-order valence-electron chi connectivity index (χ2n) is 4.77. The molecule has 0 bridgehead atoms. The van der Waals surface area contributed by atoms with E-state index in [1.807, 2.05) is 18.2 Å². The van der Waals surface area contributed by atoms with Crippen LogP contribution in [0.2, 0.25) is 5.02 Å². The summed E-state index contributed by atoms with van der Waals surface area (Å²) in [5, 5.41) is 6.60. The Morgan fingerprint density at radius 3 is 2.82 bits per heavy atom. The molecule has 3 rings (SSSR count). The molecule has 6 heteroatoms. The molecule has 0 saturated heterocycles. The molecule has 0 aromatic heterocycles. The highest BCUT2D eigenvalue weighted by molar-refractivity contribution is 6.33. The van der Waals surface area contributed by atoms with Crippen molar-refractivity contribution in [2.75, 3.05) is 24.0 Å². The second-order valence-corrected chi connectivity index (χ2v) is 5.18. The lowest BCUT2D eigenvalue weighted by molar-refractivity contribution is -0.115. The molecule has 0 fully saturated rings. The first kappa shape index (κ1) is 14.5. The summed E-state index contributed by atoms with van der Waals surface area (Å²) in [6, 6.07) is 12.7. The van der Waals surface area contributed by atoms with Gasteiger partial charge in [-0.3, -0.25) is 4.79 Å². The number of nitrogens with one attached hydrogen (secondary N) is 2. The lowest BCUT2D eigenvalue weighted by Crippen LogP contribution is -2.16. The molecule has 0 aliphatic carbocycles. The van der Waals surface area contributed by atoms with E-state index < -0.39 is 0 Å². The third kappa shape index (κ3) is 3.43. The molecule has 5 nitrogen and oxygen atoms in total. The lowest BCUT2D eigenvalue weighted by atomic mass is 10.2. The van der Waals surface area contributed by atoms with Gasteiger partial charge in [-0.15, -0.1) is 0 Å². The SMILES string of the molecule is O=C(CCNc1ccccc1Cl)Nc1ccc2c(c1)OCO2. The highest BCUT2D eigenvalue weighted by Crippen LogP contribution is 2.34. The normalized spacial score (nSPS) is 12.0. The van der Waals surface area contributed by atoms with Gasteiger partial charge in [0.1, 0.15) is 0 Å². The van der Waals surface area contributed by atoms with E-state index in [2.05, 4.69) is 10.6 Å². The Morgan fingerprint density at radius 1 is 1.14 bits per heavy atom. The van der Waals surface area contributed by atoms with Gasteiger partial charge in [0.05, 0.1) is 10.7 Å². The van der Waals surface area contributed by atoms with Crippen LogP contribution in [0, 0.1) is 0 Å². The van der Waals surface area contributed by atoms with Crippen LogP contribution in [0.5, 0.6) is 11.5 Å². The van der Waals surface area contributed by atoms with Gasteiger partial charge in [0, 0.05) is 24.7 Å². The van der Waals surface area contributed by atoms with Crippen LogP contribution in [-0.4, -0.2) is 19.2 Å². The molecule has 1 heterocycles. The summed E-state index contributed by atoms with van der Waals surface area (Å²) in [6.07, 6.45) is 0.333. The van der Waals surface area contributed by atoms with Gasteiger partial charge in [0.25, 0.3) is 0 Å². The van der Waals surface area contributed by atoms with Gasteiger partial charge in [-0.05, 0) is 24.3 Å². The molecule has 1 aliphatic heterocycles. The van der Waals surface area contributed by atoms with E-state index in [4.69, 9.17) is 21.1 Å². The largest absolute Gasteiger partial charge is 0.454 e. The molecule has 1 amide bonds. The zero-order valence-electron chi connectivity index (χ0n) is 11.8. The minimum Gasteiger partial charge on any atom is -0.454 e. The van der Waals surface area contributed by atoms with Crippen molar-refractivity contribution in [3.63, 3.8) is 0 Å². The Kier molecular flexibility index (Phi) is 4.34. The van der Waals surface area contributed by atoms with Gasteiger partial charge in [0.15, 0.2) is 11.5 Å². The number of amides is 1. The summed E-state index contributed by atoms with van der Waals surface area (Å²) in [7, 11) is 0. The van der Waals surface area contributed by atoms with Crippen LogP contribution in [-0.2, 0) is 4.79 Å². The van der Waals surface area contributed by atoms with Gasteiger partial charge >= 0.3 is 0 Å². The smallest absolute Gasteiger partial charge is 0.231 e. The van der Waals surface area contributed by atoms with E-state index in [-0.39, 0.29) is 12.7 Å². The molecule has 0 unspecified atom stereocenters. The summed E-state index contributed by atoms with van der Waals surface area (Å²) in [4.78, 5) is 11.9. The zero-order valence-corrected chi connectivity index (χ0v) is 12.5. The van der Waals surface area contributed by atoms with Crippen molar-refractivity contribution in [2.45, 2.75) is 6.42 Å². The van der Waals surface area contributed by atoms with Crippen molar-refractivity contribution >= 4 is 28.9 Å². The molecule has 0 radical (unpaired) electrons. The number of ether oxygens (including phenoxy) is 2. The number of halogens is 1. The van der Waals surface area contributed by atoms with Gasteiger partial charge in [-0.1, -0.05) is 23.7 Å². The number of hydrogen-bond acceptors (Lipinski definition) is 4. The molecule has 114 valence electrons. The highest BCUT2D eigenvalue weighted by atomic mass is 35.5. The Hall–Kier alpha value is -2.40. The van der Waals surface area contributed by atoms with E-state index in [9.17, 15) is 4.79 Å². The van der Waals surface area contributed by atoms with Crippen molar-refractivity contribution < 1.29 is 14.3 Å². The van der Waals surface area contributed by atoms with Gasteiger partial charge in [-0.25, -0.2) is 0 Å². The minimum atomic E-state index is -0.0848. The summed E-state index contributed by atoms with van der Waals surface area (Å²) < 4.78 is 10.5. The maximum absolute atomic E-state index is 11.9. The topological polar surface area (TPSA) is 59.6 Å². The molecular weight excluding hydrogens is 304 g/mol. The first-order chi connectivity index (χ1) is 10.7. The number of para-hydroxylation sites is 1. The number of carbonyl (C=O) groups is 1. The van der Waals surface area contributed by atoms with E-state index >= 15 is 0 Å². The Balaban J connectivity index is 1.49. The summed E-state index contributed by atoms with van der Waals surface area (Å²) in [6.45, 7) is 0.717. The van der Waals surface area contributed by atoms with Crippen molar-refractivity contribution in [2.24, 2.45) is 0 Å². The average molecular weight is 319 g/mol. The van der Waals surface area contributed by atoms with Gasteiger partial charge in [0.2, 0.25) is 12.7 Å². The first-order valence-corrected chi connectivity index (χ1v) is 7.28. The fourth-order valence-corrected chi connectivity index (χ4v) is 2.32. The Labute approximate surface area is 133 Å². The number of fused-ring (bicyclic) bond motifs is 1. The number of anilines is 2. The van der Waals surface area contributed by atoms with Crippen LogP contribution < -0.4 is 20.1 Å². The van der Waals surface area contributed by atoms with E-state index in [0.29, 0.717) is 35.2 Å². The van der Waals surface area contributed by atoms with Crippen molar-refractivity contribution in [3.05, 3.63) is 47.5 Å². The maximum Gasteiger partial charge on any atom is 0.231 e. The zero-order chi connectivity index (χ0) is 15.4. The summed E-state index contributed by atoms with van der Waals surface area (Å²) in [5.41, 5.74) is 1.51. The van der Waals surface area contributed by atoms with Crippen LogP contribution >= 0.6 is 11.6 Å². The molecular formula is C16H15ClN2O3. The maximum atomic E-state index is 11.9. The van der Waals surface area contributed by atoms with Gasteiger partial charge < -0.3 is 20.1 Å². The van der Waals surface area contributed by atoms with Crippen molar-refractivity contribution in [3.8, 4) is 11.5 Å².